The van der Waals surface area contributed by atoms with Crippen molar-refractivity contribution in [1.82, 2.24) is 4.90 Å². The van der Waals surface area contributed by atoms with Crippen molar-refractivity contribution in [2.75, 3.05) is 51.3 Å². The third-order valence-corrected chi connectivity index (χ3v) is 3.52. The van der Waals surface area contributed by atoms with Gasteiger partial charge in [0.1, 0.15) is 5.82 Å². The van der Waals surface area contributed by atoms with Gasteiger partial charge in [-0.05, 0) is 18.6 Å². The predicted octanol–water partition coefficient (Wildman–Crippen LogP) is 1.30. The van der Waals surface area contributed by atoms with Crippen molar-refractivity contribution in [2.24, 2.45) is 10.7 Å². The number of benzene rings is 1. The van der Waals surface area contributed by atoms with Gasteiger partial charge in [-0.3, -0.25) is 4.99 Å². The van der Waals surface area contributed by atoms with Crippen LogP contribution in [0.2, 0.25) is 0 Å². The molecule has 1 heterocycles. The Labute approximate surface area is 125 Å². The summed E-state index contributed by atoms with van der Waals surface area (Å²) >= 11 is 0. The summed E-state index contributed by atoms with van der Waals surface area (Å²) in [6, 6.07) is 6.78. The monoisotopic (exact) mass is 294 g/mol. The van der Waals surface area contributed by atoms with E-state index in [-0.39, 0.29) is 5.82 Å². The zero-order valence-corrected chi connectivity index (χ0v) is 12.5. The molecule has 1 aromatic carbocycles. The Hall–Kier alpha value is -1.82. The van der Waals surface area contributed by atoms with E-state index in [1.807, 2.05) is 22.9 Å². The van der Waals surface area contributed by atoms with Crippen LogP contribution in [-0.2, 0) is 4.74 Å². The minimum absolute atomic E-state index is 0.198. The first-order valence-corrected chi connectivity index (χ1v) is 7.27. The van der Waals surface area contributed by atoms with Gasteiger partial charge in [0.2, 0.25) is 0 Å². The molecule has 2 rings (SSSR count). The minimum Gasteiger partial charge on any atom is -0.378 e. The van der Waals surface area contributed by atoms with Crippen molar-refractivity contribution in [2.45, 2.75) is 6.42 Å². The van der Waals surface area contributed by atoms with Crippen LogP contribution >= 0.6 is 0 Å². The third kappa shape index (κ3) is 4.60. The Morgan fingerprint density at radius 2 is 2.10 bits per heavy atom. The molecule has 1 aliphatic heterocycles. The standard InChI is InChI=1S/C15H23FN4O/c1-19(14-6-3-2-5-13(14)16)8-4-7-18-15(17)20-9-11-21-12-10-20/h2-3,5-6H,4,7-12H2,1H3,(H2,17,18). The number of nitrogens with zero attached hydrogens (tertiary/aromatic N) is 3. The molecule has 1 aromatic rings. The van der Waals surface area contributed by atoms with Crippen LogP contribution in [0.5, 0.6) is 0 Å². The second kappa shape index (κ2) is 7.83. The molecule has 6 heteroatoms. The fourth-order valence-corrected chi connectivity index (χ4v) is 2.28. The summed E-state index contributed by atoms with van der Waals surface area (Å²) in [7, 11) is 1.88. The zero-order valence-electron chi connectivity index (χ0n) is 12.5. The second-order valence-corrected chi connectivity index (χ2v) is 5.07. The first-order valence-electron chi connectivity index (χ1n) is 7.27. The summed E-state index contributed by atoms with van der Waals surface area (Å²) in [5.41, 5.74) is 6.56. The Bertz CT molecular complexity index is 474. The maximum absolute atomic E-state index is 13.6. The molecule has 1 saturated heterocycles. The fraction of sp³-hybridized carbons (Fsp3) is 0.533. The van der Waals surface area contributed by atoms with Crippen LogP contribution in [0, 0.1) is 5.82 Å². The molecule has 1 fully saturated rings. The van der Waals surface area contributed by atoms with Gasteiger partial charge < -0.3 is 20.3 Å². The summed E-state index contributed by atoms with van der Waals surface area (Å²) in [6.45, 7) is 4.37. The van der Waals surface area contributed by atoms with Crippen molar-refractivity contribution in [3.05, 3.63) is 30.1 Å². The molecule has 0 amide bonds. The van der Waals surface area contributed by atoms with Crippen LogP contribution in [0.4, 0.5) is 10.1 Å². The largest absolute Gasteiger partial charge is 0.378 e. The lowest BCUT2D eigenvalue weighted by molar-refractivity contribution is 0.0674. The van der Waals surface area contributed by atoms with Gasteiger partial charge in [0, 0.05) is 33.2 Å². The number of para-hydroxylation sites is 1. The first-order chi connectivity index (χ1) is 10.2. The molecule has 0 aliphatic carbocycles. The van der Waals surface area contributed by atoms with Crippen LogP contribution < -0.4 is 10.6 Å². The van der Waals surface area contributed by atoms with Gasteiger partial charge in [-0.1, -0.05) is 12.1 Å². The number of ether oxygens (including phenoxy) is 1. The van der Waals surface area contributed by atoms with Crippen molar-refractivity contribution in [3.8, 4) is 0 Å². The molecular formula is C15H23FN4O. The molecule has 0 bridgehead atoms. The Morgan fingerprint density at radius 3 is 2.81 bits per heavy atom. The summed E-state index contributed by atoms with van der Waals surface area (Å²) in [5, 5.41) is 0. The Kier molecular flexibility index (Phi) is 5.80. The number of hydrogen-bond acceptors (Lipinski definition) is 3. The molecule has 116 valence electrons. The molecular weight excluding hydrogens is 271 g/mol. The smallest absolute Gasteiger partial charge is 0.191 e. The number of halogens is 1. The maximum Gasteiger partial charge on any atom is 0.191 e. The molecule has 2 N–H and O–H groups in total. The lowest BCUT2D eigenvalue weighted by Crippen LogP contribution is -2.44. The number of aliphatic imine (C=N–C) groups is 1. The molecule has 1 aliphatic rings. The highest BCUT2D eigenvalue weighted by Gasteiger charge is 2.11. The van der Waals surface area contributed by atoms with Crippen LogP contribution in [0.1, 0.15) is 6.42 Å². The van der Waals surface area contributed by atoms with E-state index in [2.05, 4.69) is 4.99 Å². The average molecular weight is 294 g/mol. The Morgan fingerprint density at radius 1 is 1.38 bits per heavy atom. The number of guanidine groups is 1. The SMILES string of the molecule is CN(CCCN=C(N)N1CCOCC1)c1ccccc1F. The first kappa shape index (κ1) is 15.6. The van der Waals surface area contributed by atoms with Crippen molar-refractivity contribution in [1.29, 1.82) is 0 Å². The summed E-state index contributed by atoms with van der Waals surface area (Å²) in [6.07, 6.45) is 0.829. The fourth-order valence-electron chi connectivity index (χ4n) is 2.28. The van der Waals surface area contributed by atoms with E-state index >= 15 is 0 Å². The van der Waals surface area contributed by atoms with Gasteiger partial charge in [-0.15, -0.1) is 0 Å². The normalized spacial score (nSPS) is 16.1. The quantitative estimate of drug-likeness (QED) is 0.505. The number of morpholine rings is 1. The summed E-state index contributed by atoms with van der Waals surface area (Å²) < 4.78 is 18.9. The van der Waals surface area contributed by atoms with E-state index in [9.17, 15) is 4.39 Å². The molecule has 0 atom stereocenters. The molecule has 0 radical (unpaired) electrons. The lowest BCUT2D eigenvalue weighted by atomic mass is 10.2. The molecule has 0 unspecified atom stereocenters. The van der Waals surface area contributed by atoms with Gasteiger partial charge in [-0.2, -0.15) is 0 Å². The van der Waals surface area contributed by atoms with E-state index in [0.29, 0.717) is 31.4 Å². The number of nitrogens with two attached hydrogens (primary N) is 1. The van der Waals surface area contributed by atoms with Gasteiger partial charge in [0.15, 0.2) is 5.96 Å². The second-order valence-electron chi connectivity index (χ2n) is 5.07. The molecule has 0 spiro atoms. The third-order valence-electron chi connectivity index (χ3n) is 3.52. The highest BCUT2D eigenvalue weighted by molar-refractivity contribution is 5.78. The van der Waals surface area contributed by atoms with E-state index in [1.165, 1.54) is 6.07 Å². The number of hydrogen-bond donors (Lipinski definition) is 1. The number of rotatable bonds is 5. The predicted molar refractivity (Wildman–Crippen MR) is 83.2 cm³/mol. The zero-order chi connectivity index (χ0) is 15.1. The highest BCUT2D eigenvalue weighted by Crippen LogP contribution is 2.16. The molecule has 5 nitrogen and oxygen atoms in total. The summed E-state index contributed by atoms with van der Waals surface area (Å²) in [4.78, 5) is 8.31. The molecule has 0 saturated carbocycles. The van der Waals surface area contributed by atoms with Crippen LogP contribution in [-0.4, -0.2) is 57.3 Å². The van der Waals surface area contributed by atoms with E-state index in [1.54, 1.807) is 12.1 Å². The molecule has 0 aromatic heterocycles. The van der Waals surface area contributed by atoms with Crippen LogP contribution in [0.3, 0.4) is 0 Å². The van der Waals surface area contributed by atoms with Crippen molar-refractivity contribution >= 4 is 11.6 Å². The average Bonchev–Trinajstić information content (AvgIpc) is 2.52. The van der Waals surface area contributed by atoms with Gasteiger partial charge in [0.25, 0.3) is 0 Å². The van der Waals surface area contributed by atoms with E-state index in [0.717, 1.165) is 26.1 Å². The van der Waals surface area contributed by atoms with Gasteiger partial charge >= 0.3 is 0 Å². The Balaban J connectivity index is 1.75. The topological polar surface area (TPSA) is 54.1 Å². The van der Waals surface area contributed by atoms with Crippen LogP contribution in [0.15, 0.2) is 29.3 Å². The highest BCUT2D eigenvalue weighted by atomic mass is 19.1. The number of anilines is 1. The molecule has 21 heavy (non-hydrogen) atoms. The van der Waals surface area contributed by atoms with E-state index in [4.69, 9.17) is 10.5 Å². The lowest BCUT2D eigenvalue weighted by Gasteiger charge is -2.27. The van der Waals surface area contributed by atoms with Gasteiger partial charge in [-0.25, -0.2) is 4.39 Å². The minimum atomic E-state index is -0.198. The van der Waals surface area contributed by atoms with Crippen molar-refractivity contribution < 1.29 is 9.13 Å². The van der Waals surface area contributed by atoms with Gasteiger partial charge in [0.05, 0.1) is 18.9 Å². The maximum atomic E-state index is 13.6. The summed E-state index contributed by atoms with van der Waals surface area (Å²) in [5.74, 6) is 0.378. The van der Waals surface area contributed by atoms with Crippen LogP contribution in [0.25, 0.3) is 0 Å². The van der Waals surface area contributed by atoms with Crippen molar-refractivity contribution in [3.63, 3.8) is 0 Å². The van der Waals surface area contributed by atoms with E-state index < -0.39 is 0 Å².